The third-order valence-electron chi connectivity index (χ3n) is 8.70. The molecule has 2 N–H and O–H groups in total. The Morgan fingerprint density at radius 1 is 0.837 bits per heavy atom. The molecule has 0 fully saturated rings. The standard InChI is InChI=1S/C34H36N4O4.Fe/c1-7-21-17(3)25-13-26-19(5)23(9-11-33(39)40)31(37-26)16-32-24(10-12-34(41)42)20(6)28(38-32)15-30-22(8-2)18(4)27(36-30)14-29(21)35-25;/h8,13-16,23,31H,2,7,9-12H2,1,3-6H3,(H,39,40)(H,41,42);/q-4;+4/b25-13-,28-15-,29-14-,32-16-;/t23-,31?;/m1./s1. The Morgan fingerprint density at radius 2 is 1.47 bits per heavy atom. The van der Waals surface area contributed by atoms with Crippen molar-refractivity contribution < 1.29 is 36.9 Å². The summed E-state index contributed by atoms with van der Waals surface area (Å²) in [5.41, 5.74) is 9.30. The van der Waals surface area contributed by atoms with E-state index in [0.29, 0.717) is 18.2 Å². The fourth-order valence-electron chi connectivity index (χ4n) is 6.22. The molecular formula is C34H36FeN4O4. The van der Waals surface area contributed by atoms with Gasteiger partial charge in [0.1, 0.15) is 0 Å². The van der Waals surface area contributed by atoms with Gasteiger partial charge in [-0.1, -0.05) is 77.2 Å². The smallest absolute Gasteiger partial charge is 0.678 e. The van der Waals surface area contributed by atoms with E-state index in [0.717, 1.165) is 78.5 Å². The van der Waals surface area contributed by atoms with E-state index < -0.39 is 11.9 Å². The van der Waals surface area contributed by atoms with E-state index in [9.17, 15) is 19.8 Å². The monoisotopic (exact) mass is 620 g/mol. The Hall–Kier alpha value is -3.94. The van der Waals surface area contributed by atoms with Gasteiger partial charge in [-0.3, -0.25) is 9.59 Å². The number of rotatable bonds is 8. The molecule has 9 heteroatoms. The second kappa shape index (κ2) is 12.7. The molecule has 2 aliphatic heterocycles. The quantitative estimate of drug-likeness (QED) is 0.370. The third kappa shape index (κ3) is 6.10. The molecular weight excluding hydrogens is 584 g/mol. The molecule has 3 aromatic rings. The van der Waals surface area contributed by atoms with Crippen LogP contribution in [-0.2, 0) is 39.5 Å². The molecule has 5 rings (SSSR count). The minimum absolute atomic E-state index is 0. The molecule has 0 radical (unpaired) electrons. The van der Waals surface area contributed by atoms with E-state index >= 15 is 0 Å². The number of aromatic nitrogens is 3. The maximum atomic E-state index is 11.5. The van der Waals surface area contributed by atoms with Crippen molar-refractivity contribution in [2.24, 2.45) is 5.92 Å². The van der Waals surface area contributed by atoms with Gasteiger partial charge in [-0.25, -0.2) is 0 Å². The number of hydrogen-bond acceptors (Lipinski definition) is 2. The summed E-state index contributed by atoms with van der Waals surface area (Å²) in [5, 5.41) is 27.1. The molecule has 2 atom stereocenters. The van der Waals surface area contributed by atoms with Gasteiger partial charge in [0.15, 0.2) is 0 Å². The first-order valence-corrected chi connectivity index (χ1v) is 14.4. The van der Waals surface area contributed by atoms with Crippen LogP contribution in [-0.4, -0.2) is 28.2 Å². The topological polar surface area (TPSA) is 131 Å². The second-order valence-electron chi connectivity index (χ2n) is 11.2. The summed E-state index contributed by atoms with van der Waals surface area (Å²) in [7, 11) is 0. The van der Waals surface area contributed by atoms with Crippen LogP contribution >= 0.6 is 0 Å². The number of carbonyl (C=O) groups is 2. The summed E-state index contributed by atoms with van der Waals surface area (Å²) in [6.07, 6.45) is 11.3. The zero-order valence-corrected chi connectivity index (χ0v) is 26.2. The van der Waals surface area contributed by atoms with Crippen molar-refractivity contribution >= 4 is 42.3 Å². The van der Waals surface area contributed by atoms with Crippen molar-refractivity contribution in [2.75, 3.05) is 0 Å². The largest absolute Gasteiger partial charge is 4.00 e. The molecule has 0 aromatic carbocycles. The zero-order chi connectivity index (χ0) is 30.3. The van der Waals surface area contributed by atoms with Gasteiger partial charge in [0.2, 0.25) is 0 Å². The van der Waals surface area contributed by atoms with Crippen LogP contribution in [0.4, 0.5) is 0 Å². The van der Waals surface area contributed by atoms with E-state index in [1.165, 1.54) is 0 Å². The average Bonchev–Trinajstić information content (AvgIpc) is 3.59. The molecule has 224 valence electrons. The van der Waals surface area contributed by atoms with E-state index in [4.69, 9.17) is 20.3 Å². The number of fused-ring (bicyclic) bond motifs is 8. The van der Waals surface area contributed by atoms with Crippen molar-refractivity contribution in [3.8, 4) is 0 Å². The van der Waals surface area contributed by atoms with Crippen LogP contribution in [0.3, 0.4) is 0 Å². The van der Waals surface area contributed by atoms with Crippen molar-refractivity contribution in [2.45, 2.75) is 72.8 Å². The van der Waals surface area contributed by atoms with E-state index in [1.807, 2.05) is 45.1 Å². The van der Waals surface area contributed by atoms with Gasteiger partial charge in [-0.15, -0.1) is 44.6 Å². The average molecular weight is 621 g/mol. The first kappa shape index (κ1) is 32.0. The molecule has 0 aliphatic carbocycles. The molecule has 0 amide bonds. The first-order valence-electron chi connectivity index (χ1n) is 14.4. The van der Waals surface area contributed by atoms with Crippen LogP contribution in [0.1, 0.15) is 77.9 Å². The zero-order valence-electron chi connectivity index (χ0n) is 25.1. The van der Waals surface area contributed by atoms with Gasteiger partial charge in [0, 0.05) is 12.8 Å². The van der Waals surface area contributed by atoms with Crippen molar-refractivity contribution in [3.63, 3.8) is 0 Å². The van der Waals surface area contributed by atoms with Crippen LogP contribution < -0.4 is 36.3 Å². The van der Waals surface area contributed by atoms with E-state index in [1.54, 1.807) is 6.08 Å². The van der Waals surface area contributed by atoms with Crippen LogP contribution in [0.2, 0.25) is 0 Å². The molecule has 0 saturated carbocycles. The number of hydrogen-bond donors (Lipinski definition) is 2. The predicted molar refractivity (Wildman–Crippen MR) is 164 cm³/mol. The predicted octanol–water partition coefficient (Wildman–Crippen LogP) is 2.45. The maximum absolute atomic E-state index is 11.5. The summed E-state index contributed by atoms with van der Waals surface area (Å²) in [6, 6.07) is -0.337. The number of carboxylic acid groups (broad SMARTS) is 2. The molecule has 3 aromatic heterocycles. The SMILES string of the molecule is C=Cc1c2[n-]c(c1C)/C=c1\[n-]/c(c(C)c1CC)=C\C1=C(C)[C@@H](CCC(=O)O)C(/C=c3\[n-]/c(c(C)c3CCC(=O)O)=C\2)[N-]1.[Fe+4]. The Morgan fingerprint density at radius 3 is 2.12 bits per heavy atom. The van der Waals surface area contributed by atoms with Crippen LogP contribution in [0, 0.1) is 26.7 Å². The van der Waals surface area contributed by atoms with Gasteiger partial charge in [-0.2, -0.15) is 0 Å². The molecule has 2 aliphatic rings. The number of carboxylic acids is 2. The molecule has 43 heavy (non-hydrogen) atoms. The maximum Gasteiger partial charge on any atom is 4.00 e. The van der Waals surface area contributed by atoms with Crippen molar-refractivity contribution in [1.82, 2.24) is 15.0 Å². The molecule has 8 nitrogen and oxygen atoms in total. The number of nitrogens with zero attached hydrogens (tertiary/aromatic N) is 4. The molecule has 1 unspecified atom stereocenters. The molecule has 5 heterocycles. The fourth-order valence-corrected chi connectivity index (χ4v) is 6.22. The van der Waals surface area contributed by atoms with Gasteiger partial charge in [0.05, 0.1) is 0 Å². The van der Waals surface area contributed by atoms with Crippen molar-refractivity contribution in [1.29, 1.82) is 0 Å². The van der Waals surface area contributed by atoms with Gasteiger partial charge in [-0.05, 0) is 58.4 Å². The summed E-state index contributed by atoms with van der Waals surface area (Å²) < 4.78 is 0. The number of allylic oxidation sites excluding steroid dienone is 1. The van der Waals surface area contributed by atoms with E-state index in [-0.39, 0.29) is 41.9 Å². The molecule has 0 spiro atoms. The number of aliphatic carboxylic acids is 2. The second-order valence-corrected chi connectivity index (χ2v) is 11.2. The van der Waals surface area contributed by atoms with Gasteiger partial charge < -0.3 is 30.5 Å². The summed E-state index contributed by atoms with van der Waals surface area (Å²) in [4.78, 5) is 38.0. The van der Waals surface area contributed by atoms with Crippen molar-refractivity contribution in [3.05, 3.63) is 89.3 Å². The Kier molecular flexibility index (Phi) is 9.47. The minimum Gasteiger partial charge on any atom is -0.678 e. The normalized spacial score (nSPS) is 20.3. The van der Waals surface area contributed by atoms with Gasteiger partial charge in [0.25, 0.3) is 0 Å². The summed E-state index contributed by atoms with van der Waals surface area (Å²) >= 11 is 0. The summed E-state index contributed by atoms with van der Waals surface area (Å²) in [5.74, 6) is -1.86. The molecule has 0 saturated heterocycles. The van der Waals surface area contributed by atoms with Gasteiger partial charge >= 0.3 is 29.0 Å². The fraction of sp³-hybridized carbons (Fsp3) is 0.353. The van der Waals surface area contributed by atoms with Crippen LogP contribution in [0.15, 0.2) is 17.8 Å². The van der Waals surface area contributed by atoms with Crippen LogP contribution in [0.25, 0.3) is 35.7 Å². The Bertz CT molecular complexity index is 1890. The van der Waals surface area contributed by atoms with E-state index in [2.05, 4.69) is 20.4 Å². The molecule has 8 bridgehead atoms. The minimum atomic E-state index is -0.879. The Labute approximate surface area is 261 Å². The third-order valence-corrected chi connectivity index (χ3v) is 8.70. The van der Waals surface area contributed by atoms with Crippen LogP contribution in [0.5, 0.6) is 0 Å². The Balaban J connectivity index is 0.00000423. The summed E-state index contributed by atoms with van der Waals surface area (Å²) in [6.45, 7) is 14.2. The first-order chi connectivity index (χ1) is 20.0.